The first-order valence-corrected chi connectivity index (χ1v) is 4.39. The van der Waals surface area contributed by atoms with Gasteiger partial charge in [0.1, 0.15) is 5.00 Å². The van der Waals surface area contributed by atoms with Crippen LogP contribution in [0.1, 0.15) is 13.8 Å². The van der Waals surface area contributed by atoms with E-state index in [4.69, 9.17) is 0 Å². The van der Waals surface area contributed by atoms with Crippen LogP contribution in [0.2, 0.25) is 0 Å². The Morgan fingerprint density at radius 1 is 1.50 bits per heavy atom. The third-order valence-electron chi connectivity index (χ3n) is 1.49. The molecule has 0 saturated heterocycles. The van der Waals surface area contributed by atoms with E-state index in [0.29, 0.717) is 0 Å². The minimum absolute atomic E-state index is 1.07. The average Bonchev–Trinajstić information content (AvgIpc) is 2.43. The van der Waals surface area contributed by atoms with Crippen LogP contribution >= 0.6 is 11.3 Å². The van der Waals surface area contributed by atoms with Crippen LogP contribution in [0.5, 0.6) is 0 Å². The third kappa shape index (κ3) is 1.48. The minimum Gasteiger partial charge on any atom is -0.363 e. The standard InChI is InChI=1S/C7H12N2S/c1-3-9(4-2)7-5-8-6-10-7/h5-6H,3-4H2,1-2H3. The number of aromatic nitrogens is 1. The minimum atomic E-state index is 1.07. The smallest absolute Gasteiger partial charge is 0.111 e. The van der Waals surface area contributed by atoms with Crippen LogP contribution < -0.4 is 4.90 Å². The predicted octanol–water partition coefficient (Wildman–Crippen LogP) is 1.99. The maximum absolute atomic E-state index is 4.02. The zero-order valence-electron chi connectivity index (χ0n) is 6.37. The highest BCUT2D eigenvalue weighted by Gasteiger charge is 2.00. The summed E-state index contributed by atoms with van der Waals surface area (Å²) in [5.41, 5.74) is 1.87. The molecule has 1 aromatic heterocycles. The Kier molecular flexibility index (Phi) is 2.68. The number of hydrogen-bond acceptors (Lipinski definition) is 3. The van der Waals surface area contributed by atoms with Crippen molar-refractivity contribution in [3.63, 3.8) is 0 Å². The van der Waals surface area contributed by atoms with E-state index in [-0.39, 0.29) is 0 Å². The average molecular weight is 156 g/mol. The van der Waals surface area contributed by atoms with Crippen LogP contribution in [0.15, 0.2) is 11.7 Å². The van der Waals surface area contributed by atoms with E-state index >= 15 is 0 Å². The van der Waals surface area contributed by atoms with Crippen LogP contribution in [-0.2, 0) is 0 Å². The summed E-state index contributed by atoms with van der Waals surface area (Å²) in [5, 5.41) is 1.27. The van der Waals surface area contributed by atoms with Crippen molar-refractivity contribution in [3.8, 4) is 0 Å². The van der Waals surface area contributed by atoms with Gasteiger partial charge in [0, 0.05) is 13.1 Å². The first-order chi connectivity index (χ1) is 4.88. The van der Waals surface area contributed by atoms with Crippen molar-refractivity contribution < 1.29 is 0 Å². The Hall–Kier alpha value is -0.570. The van der Waals surface area contributed by atoms with Crippen molar-refractivity contribution >= 4 is 16.3 Å². The molecule has 0 aliphatic heterocycles. The lowest BCUT2D eigenvalue weighted by Crippen LogP contribution is -2.20. The second-order valence-electron chi connectivity index (χ2n) is 2.01. The molecule has 0 spiro atoms. The maximum atomic E-state index is 4.02. The zero-order valence-corrected chi connectivity index (χ0v) is 7.19. The van der Waals surface area contributed by atoms with Gasteiger partial charge in [-0.05, 0) is 13.8 Å². The van der Waals surface area contributed by atoms with Crippen molar-refractivity contribution in [2.45, 2.75) is 13.8 Å². The van der Waals surface area contributed by atoms with Gasteiger partial charge in [-0.1, -0.05) is 0 Å². The molecule has 56 valence electrons. The molecule has 0 aromatic carbocycles. The highest BCUT2D eigenvalue weighted by molar-refractivity contribution is 7.13. The fourth-order valence-electron chi connectivity index (χ4n) is 0.901. The molecular weight excluding hydrogens is 144 g/mol. The Bertz CT molecular complexity index is 168. The van der Waals surface area contributed by atoms with Gasteiger partial charge in [0.05, 0.1) is 11.7 Å². The van der Waals surface area contributed by atoms with Gasteiger partial charge in [-0.25, -0.2) is 0 Å². The van der Waals surface area contributed by atoms with Crippen LogP contribution in [0, 0.1) is 0 Å². The SMILES string of the molecule is CCN(CC)c1cncs1. The van der Waals surface area contributed by atoms with Crippen molar-refractivity contribution in [1.29, 1.82) is 0 Å². The first-order valence-electron chi connectivity index (χ1n) is 3.52. The Balaban J connectivity index is 2.64. The third-order valence-corrected chi connectivity index (χ3v) is 2.33. The van der Waals surface area contributed by atoms with E-state index in [1.54, 1.807) is 11.3 Å². The summed E-state index contributed by atoms with van der Waals surface area (Å²) < 4.78 is 0. The van der Waals surface area contributed by atoms with E-state index < -0.39 is 0 Å². The van der Waals surface area contributed by atoms with Crippen LogP contribution in [0.3, 0.4) is 0 Å². The van der Waals surface area contributed by atoms with Crippen LogP contribution in [-0.4, -0.2) is 18.1 Å². The van der Waals surface area contributed by atoms with Crippen LogP contribution in [0.4, 0.5) is 5.00 Å². The van der Waals surface area contributed by atoms with Gasteiger partial charge in [0.25, 0.3) is 0 Å². The number of nitrogens with zero attached hydrogens (tertiary/aromatic N) is 2. The monoisotopic (exact) mass is 156 g/mol. The van der Waals surface area contributed by atoms with Gasteiger partial charge < -0.3 is 4.90 Å². The highest BCUT2D eigenvalue weighted by atomic mass is 32.1. The van der Waals surface area contributed by atoms with Gasteiger partial charge >= 0.3 is 0 Å². The number of thiazole rings is 1. The van der Waals surface area contributed by atoms with Gasteiger partial charge in [-0.15, -0.1) is 11.3 Å². The molecule has 0 aliphatic carbocycles. The van der Waals surface area contributed by atoms with Crippen molar-refractivity contribution in [2.24, 2.45) is 0 Å². The summed E-state index contributed by atoms with van der Waals surface area (Å²) in [6, 6.07) is 0. The second-order valence-corrected chi connectivity index (χ2v) is 2.88. The molecule has 0 saturated carbocycles. The molecular formula is C7H12N2S. The van der Waals surface area contributed by atoms with Gasteiger partial charge in [0.2, 0.25) is 0 Å². The van der Waals surface area contributed by atoms with E-state index in [1.807, 2.05) is 11.7 Å². The lowest BCUT2D eigenvalue weighted by Gasteiger charge is -2.16. The second kappa shape index (κ2) is 3.56. The first kappa shape index (κ1) is 7.54. The summed E-state index contributed by atoms with van der Waals surface area (Å²) in [6.07, 6.45) is 1.91. The van der Waals surface area contributed by atoms with Gasteiger partial charge in [-0.3, -0.25) is 4.98 Å². The van der Waals surface area contributed by atoms with E-state index in [1.165, 1.54) is 5.00 Å². The van der Waals surface area contributed by atoms with E-state index in [2.05, 4.69) is 23.7 Å². The van der Waals surface area contributed by atoms with Crippen LogP contribution in [0.25, 0.3) is 0 Å². The molecule has 0 atom stereocenters. The van der Waals surface area contributed by atoms with Crippen molar-refractivity contribution in [1.82, 2.24) is 4.98 Å². The zero-order chi connectivity index (χ0) is 7.40. The Morgan fingerprint density at radius 3 is 2.60 bits per heavy atom. The van der Waals surface area contributed by atoms with E-state index in [9.17, 15) is 0 Å². The Labute approximate surface area is 65.5 Å². The van der Waals surface area contributed by atoms with Crippen molar-refractivity contribution in [2.75, 3.05) is 18.0 Å². The molecule has 2 nitrogen and oxygen atoms in total. The summed E-state index contributed by atoms with van der Waals surface area (Å²) in [4.78, 5) is 6.31. The molecule has 1 rings (SSSR count). The normalized spacial score (nSPS) is 9.80. The van der Waals surface area contributed by atoms with Gasteiger partial charge in [0.15, 0.2) is 0 Å². The molecule has 0 aliphatic rings. The molecule has 10 heavy (non-hydrogen) atoms. The molecule has 1 aromatic rings. The molecule has 0 unspecified atom stereocenters. The Morgan fingerprint density at radius 2 is 2.20 bits per heavy atom. The largest absolute Gasteiger partial charge is 0.363 e. The molecule has 0 N–H and O–H groups in total. The lowest BCUT2D eigenvalue weighted by atomic mass is 10.5. The topological polar surface area (TPSA) is 16.1 Å². The van der Waals surface area contributed by atoms with E-state index in [0.717, 1.165) is 13.1 Å². The number of hydrogen-bond donors (Lipinski definition) is 0. The summed E-state index contributed by atoms with van der Waals surface area (Å²) >= 11 is 1.69. The molecule has 0 fully saturated rings. The fourth-order valence-corrected chi connectivity index (χ4v) is 1.66. The lowest BCUT2D eigenvalue weighted by molar-refractivity contribution is 0.874. The quantitative estimate of drug-likeness (QED) is 0.665. The number of rotatable bonds is 3. The molecule has 3 heteroatoms. The van der Waals surface area contributed by atoms with Gasteiger partial charge in [-0.2, -0.15) is 0 Å². The maximum Gasteiger partial charge on any atom is 0.111 e. The summed E-state index contributed by atoms with van der Waals surface area (Å²) in [7, 11) is 0. The summed E-state index contributed by atoms with van der Waals surface area (Å²) in [6.45, 7) is 6.45. The fraction of sp³-hybridized carbons (Fsp3) is 0.571. The van der Waals surface area contributed by atoms with Crippen molar-refractivity contribution in [3.05, 3.63) is 11.7 Å². The summed E-state index contributed by atoms with van der Waals surface area (Å²) in [5.74, 6) is 0. The molecule has 0 amide bonds. The molecule has 0 bridgehead atoms. The highest BCUT2D eigenvalue weighted by Crippen LogP contribution is 2.17. The predicted molar refractivity (Wildman–Crippen MR) is 45.7 cm³/mol. The molecule has 0 radical (unpaired) electrons. The molecule has 1 heterocycles. The number of anilines is 1.